The largest absolute Gasteiger partial charge is 0.368 e. The third-order valence-corrected chi connectivity index (χ3v) is 4.39. The highest BCUT2D eigenvalue weighted by Crippen LogP contribution is 2.23. The molecular weight excluding hydrogens is 310 g/mol. The summed E-state index contributed by atoms with van der Waals surface area (Å²) in [4.78, 5) is 16.2. The number of hydrogen-bond donors (Lipinski definition) is 3. The SMILES string of the molecule is CCc1ccc([C@H](NC(=O)CSc2n[nH]c(N)n2)C(C)C)cc1. The van der Waals surface area contributed by atoms with E-state index in [1.165, 1.54) is 17.3 Å². The third-order valence-electron chi connectivity index (χ3n) is 3.54. The molecule has 1 heterocycles. The number of hydrogen-bond acceptors (Lipinski definition) is 5. The van der Waals surface area contributed by atoms with Gasteiger partial charge in [-0.3, -0.25) is 4.79 Å². The number of nitrogens with two attached hydrogens (primary N) is 1. The fourth-order valence-electron chi connectivity index (χ4n) is 2.26. The van der Waals surface area contributed by atoms with Gasteiger partial charge in [-0.2, -0.15) is 4.98 Å². The van der Waals surface area contributed by atoms with E-state index in [1.807, 2.05) is 0 Å². The van der Waals surface area contributed by atoms with E-state index in [0.29, 0.717) is 11.1 Å². The molecular formula is C16H23N5OS. The number of nitrogen functional groups attached to an aromatic ring is 1. The van der Waals surface area contributed by atoms with Crippen LogP contribution in [0.15, 0.2) is 29.4 Å². The normalized spacial score (nSPS) is 12.3. The number of carbonyl (C=O) groups excluding carboxylic acids is 1. The number of benzene rings is 1. The number of nitrogens with zero attached hydrogens (tertiary/aromatic N) is 2. The minimum atomic E-state index is -0.0448. The van der Waals surface area contributed by atoms with Gasteiger partial charge in [-0.1, -0.05) is 56.8 Å². The van der Waals surface area contributed by atoms with Crippen molar-refractivity contribution in [3.63, 3.8) is 0 Å². The topological polar surface area (TPSA) is 96.7 Å². The molecule has 6 nitrogen and oxygen atoms in total. The van der Waals surface area contributed by atoms with E-state index in [4.69, 9.17) is 5.73 Å². The van der Waals surface area contributed by atoms with Crippen LogP contribution >= 0.6 is 11.8 Å². The van der Waals surface area contributed by atoms with Gasteiger partial charge in [-0.05, 0) is 23.5 Å². The Kier molecular flexibility index (Phi) is 6.04. The molecule has 2 aromatic rings. The first kappa shape index (κ1) is 17.3. The number of nitrogens with one attached hydrogen (secondary N) is 2. The average molecular weight is 333 g/mol. The van der Waals surface area contributed by atoms with Gasteiger partial charge in [0.2, 0.25) is 17.0 Å². The molecule has 0 radical (unpaired) electrons. The molecule has 23 heavy (non-hydrogen) atoms. The van der Waals surface area contributed by atoms with E-state index in [0.717, 1.165) is 12.0 Å². The Balaban J connectivity index is 1.96. The van der Waals surface area contributed by atoms with Gasteiger partial charge in [-0.25, -0.2) is 5.10 Å². The van der Waals surface area contributed by atoms with Crippen molar-refractivity contribution in [3.05, 3.63) is 35.4 Å². The van der Waals surface area contributed by atoms with Gasteiger partial charge in [0, 0.05) is 0 Å². The maximum absolute atomic E-state index is 12.2. The molecule has 1 aromatic carbocycles. The van der Waals surface area contributed by atoms with Gasteiger partial charge >= 0.3 is 0 Å². The lowest BCUT2D eigenvalue weighted by Gasteiger charge is -2.23. The molecule has 0 aliphatic rings. The highest BCUT2D eigenvalue weighted by molar-refractivity contribution is 7.99. The van der Waals surface area contributed by atoms with Crippen LogP contribution in [0, 0.1) is 5.92 Å². The van der Waals surface area contributed by atoms with Crippen molar-refractivity contribution in [3.8, 4) is 0 Å². The van der Waals surface area contributed by atoms with Crippen molar-refractivity contribution in [1.82, 2.24) is 20.5 Å². The second-order valence-corrected chi connectivity index (χ2v) is 6.62. The molecule has 1 atom stereocenters. The Morgan fingerprint density at radius 1 is 1.35 bits per heavy atom. The third kappa shape index (κ3) is 4.99. The zero-order valence-electron chi connectivity index (χ0n) is 13.7. The molecule has 2 rings (SSSR count). The fourth-order valence-corrected chi connectivity index (χ4v) is 2.88. The minimum Gasteiger partial charge on any atom is -0.368 e. The first-order valence-electron chi connectivity index (χ1n) is 7.68. The lowest BCUT2D eigenvalue weighted by atomic mass is 9.95. The van der Waals surface area contributed by atoms with Crippen molar-refractivity contribution in [2.24, 2.45) is 5.92 Å². The predicted octanol–water partition coefficient (Wildman–Crippen LogP) is 2.55. The summed E-state index contributed by atoms with van der Waals surface area (Å²) in [5.41, 5.74) is 7.88. The number of amides is 1. The van der Waals surface area contributed by atoms with Crippen molar-refractivity contribution >= 4 is 23.6 Å². The van der Waals surface area contributed by atoms with Crippen LogP contribution in [0.4, 0.5) is 5.95 Å². The molecule has 124 valence electrons. The van der Waals surface area contributed by atoms with Crippen LogP contribution in [-0.2, 0) is 11.2 Å². The molecule has 0 fully saturated rings. The molecule has 0 saturated carbocycles. The van der Waals surface area contributed by atoms with Gasteiger partial charge in [0.15, 0.2) is 0 Å². The number of anilines is 1. The molecule has 7 heteroatoms. The maximum Gasteiger partial charge on any atom is 0.230 e. The van der Waals surface area contributed by atoms with E-state index in [1.54, 1.807) is 0 Å². The molecule has 0 saturated heterocycles. The molecule has 0 aliphatic heterocycles. The van der Waals surface area contributed by atoms with Crippen LogP contribution in [0.3, 0.4) is 0 Å². The summed E-state index contributed by atoms with van der Waals surface area (Å²) in [6, 6.07) is 8.40. The van der Waals surface area contributed by atoms with Crippen LogP contribution in [-0.4, -0.2) is 26.8 Å². The van der Waals surface area contributed by atoms with E-state index < -0.39 is 0 Å². The van der Waals surface area contributed by atoms with Crippen molar-refractivity contribution in [2.75, 3.05) is 11.5 Å². The quantitative estimate of drug-likeness (QED) is 0.677. The van der Waals surface area contributed by atoms with Gasteiger partial charge in [-0.15, -0.1) is 5.10 Å². The van der Waals surface area contributed by atoms with E-state index in [2.05, 4.69) is 65.5 Å². The molecule has 1 aromatic heterocycles. The number of aromatic amines is 1. The lowest BCUT2D eigenvalue weighted by Crippen LogP contribution is -2.33. The van der Waals surface area contributed by atoms with Crippen molar-refractivity contribution in [1.29, 1.82) is 0 Å². The Morgan fingerprint density at radius 2 is 2.04 bits per heavy atom. The van der Waals surface area contributed by atoms with Crippen LogP contribution in [0.25, 0.3) is 0 Å². The van der Waals surface area contributed by atoms with E-state index in [-0.39, 0.29) is 23.7 Å². The molecule has 0 spiro atoms. The maximum atomic E-state index is 12.2. The number of carbonyl (C=O) groups is 1. The van der Waals surface area contributed by atoms with Crippen LogP contribution in [0.1, 0.15) is 37.9 Å². The first-order valence-corrected chi connectivity index (χ1v) is 8.67. The number of thioether (sulfide) groups is 1. The smallest absolute Gasteiger partial charge is 0.230 e. The van der Waals surface area contributed by atoms with Gasteiger partial charge in [0.05, 0.1) is 11.8 Å². The average Bonchev–Trinajstić information content (AvgIpc) is 2.96. The monoisotopic (exact) mass is 333 g/mol. The highest BCUT2D eigenvalue weighted by Gasteiger charge is 2.18. The molecule has 1 amide bonds. The van der Waals surface area contributed by atoms with Crippen molar-refractivity contribution < 1.29 is 4.79 Å². The molecule has 0 aliphatic carbocycles. The molecule has 0 unspecified atom stereocenters. The summed E-state index contributed by atoms with van der Waals surface area (Å²) in [5, 5.41) is 10.0. The predicted molar refractivity (Wildman–Crippen MR) is 93.1 cm³/mol. The summed E-state index contributed by atoms with van der Waals surface area (Å²) in [7, 11) is 0. The van der Waals surface area contributed by atoms with Gasteiger partial charge in [0.25, 0.3) is 0 Å². The van der Waals surface area contributed by atoms with Crippen LogP contribution < -0.4 is 11.1 Å². The Bertz CT molecular complexity index is 638. The number of H-pyrrole nitrogens is 1. The number of aromatic nitrogens is 3. The van der Waals surface area contributed by atoms with Crippen LogP contribution in [0.2, 0.25) is 0 Å². The van der Waals surface area contributed by atoms with Crippen molar-refractivity contribution in [2.45, 2.75) is 38.4 Å². The highest BCUT2D eigenvalue weighted by atomic mass is 32.2. The fraction of sp³-hybridized carbons (Fsp3) is 0.438. The Labute approximate surface area is 140 Å². The van der Waals surface area contributed by atoms with Gasteiger partial charge in [0.1, 0.15) is 0 Å². The lowest BCUT2D eigenvalue weighted by molar-refractivity contribution is -0.119. The van der Waals surface area contributed by atoms with Gasteiger partial charge < -0.3 is 11.1 Å². The Hall–Kier alpha value is -2.02. The number of rotatable bonds is 7. The number of aryl methyl sites for hydroxylation is 1. The van der Waals surface area contributed by atoms with E-state index >= 15 is 0 Å². The standard InChI is InChI=1S/C16H23N5OS/c1-4-11-5-7-12(8-6-11)14(10(2)3)18-13(22)9-23-16-19-15(17)20-21-16/h5-8,10,14H,4,9H2,1-3H3,(H,18,22)(H3,17,19,20,21)/t14-/m1/s1. The second kappa shape index (κ2) is 8.01. The second-order valence-electron chi connectivity index (χ2n) is 5.68. The van der Waals surface area contributed by atoms with Crippen LogP contribution in [0.5, 0.6) is 0 Å². The molecule has 4 N–H and O–H groups in total. The summed E-state index contributed by atoms with van der Waals surface area (Å²) in [6.45, 7) is 6.33. The summed E-state index contributed by atoms with van der Waals surface area (Å²) in [5.74, 6) is 0.768. The first-order chi connectivity index (χ1) is 11.0. The Morgan fingerprint density at radius 3 is 2.57 bits per heavy atom. The summed E-state index contributed by atoms with van der Waals surface area (Å²) < 4.78 is 0. The summed E-state index contributed by atoms with van der Waals surface area (Å²) >= 11 is 1.26. The molecule has 0 bridgehead atoms. The van der Waals surface area contributed by atoms with E-state index in [9.17, 15) is 4.79 Å². The summed E-state index contributed by atoms with van der Waals surface area (Å²) in [6.07, 6.45) is 1.01. The zero-order chi connectivity index (χ0) is 16.8. The minimum absolute atomic E-state index is 0.00813. The zero-order valence-corrected chi connectivity index (χ0v) is 14.5.